The summed E-state index contributed by atoms with van der Waals surface area (Å²) in [7, 11) is 0. The molecular weight excluding hydrogens is 226 g/mol. The fourth-order valence-electron chi connectivity index (χ4n) is 0.993. The standard InChI is InChI=1S/C10H9Cl3/c11-9(10(12)13)7-6-8-4-2-1-3-5-8/h1-5H,6-7H2. The Balaban J connectivity index is 2.49. The van der Waals surface area contributed by atoms with Crippen molar-refractivity contribution in [2.75, 3.05) is 0 Å². The van der Waals surface area contributed by atoms with Gasteiger partial charge >= 0.3 is 0 Å². The molecule has 0 atom stereocenters. The van der Waals surface area contributed by atoms with Crippen molar-refractivity contribution in [3.8, 4) is 0 Å². The normalized spacial score (nSPS) is 9.77. The van der Waals surface area contributed by atoms with E-state index < -0.39 is 0 Å². The lowest BCUT2D eigenvalue weighted by molar-refractivity contribution is 0.986. The SMILES string of the molecule is ClC(Cl)=C(Cl)CCc1ccccc1. The van der Waals surface area contributed by atoms with Crippen molar-refractivity contribution in [2.45, 2.75) is 12.8 Å². The maximum absolute atomic E-state index is 5.78. The summed E-state index contributed by atoms with van der Waals surface area (Å²) < 4.78 is 0.164. The van der Waals surface area contributed by atoms with E-state index in [9.17, 15) is 0 Å². The van der Waals surface area contributed by atoms with Crippen LogP contribution in [-0.2, 0) is 6.42 Å². The average Bonchev–Trinajstić information content (AvgIpc) is 2.15. The van der Waals surface area contributed by atoms with Crippen molar-refractivity contribution in [1.29, 1.82) is 0 Å². The molecule has 0 unspecified atom stereocenters. The van der Waals surface area contributed by atoms with E-state index in [2.05, 4.69) is 0 Å². The first-order valence-electron chi connectivity index (χ1n) is 3.93. The van der Waals surface area contributed by atoms with Gasteiger partial charge in [-0.2, -0.15) is 0 Å². The third-order valence-electron chi connectivity index (χ3n) is 1.68. The molecule has 0 aliphatic rings. The zero-order valence-corrected chi connectivity index (χ0v) is 9.20. The molecule has 0 N–H and O–H groups in total. The van der Waals surface area contributed by atoms with Gasteiger partial charge in [0, 0.05) is 5.03 Å². The molecule has 0 saturated heterocycles. The van der Waals surface area contributed by atoms with E-state index >= 15 is 0 Å². The fraction of sp³-hybridized carbons (Fsp3) is 0.200. The highest BCUT2D eigenvalue weighted by atomic mass is 35.5. The Bertz CT molecular complexity index is 286. The van der Waals surface area contributed by atoms with Crippen LogP contribution in [0.2, 0.25) is 0 Å². The molecule has 0 nitrogen and oxygen atoms in total. The van der Waals surface area contributed by atoms with Crippen LogP contribution in [0.15, 0.2) is 39.9 Å². The van der Waals surface area contributed by atoms with E-state index in [1.54, 1.807) is 0 Å². The van der Waals surface area contributed by atoms with Gasteiger partial charge in [0.25, 0.3) is 0 Å². The van der Waals surface area contributed by atoms with Crippen LogP contribution in [0.5, 0.6) is 0 Å². The molecule has 13 heavy (non-hydrogen) atoms. The first-order chi connectivity index (χ1) is 6.20. The Kier molecular flexibility index (Phi) is 4.65. The number of aryl methyl sites for hydroxylation is 1. The van der Waals surface area contributed by atoms with Crippen LogP contribution in [0.25, 0.3) is 0 Å². The molecule has 1 rings (SSSR count). The molecule has 0 aromatic heterocycles. The Morgan fingerprint density at radius 1 is 1.00 bits per heavy atom. The summed E-state index contributed by atoms with van der Waals surface area (Å²) in [6.45, 7) is 0. The van der Waals surface area contributed by atoms with E-state index in [0.717, 1.165) is 6.42 Å². The Morgan fingerprint density at radius 2 is 1.62 bits per heavy atom. The maximum Gasteiger partial charge on any atom is 0.121 e. The van der Waals surface area contributed by atoms with Crippen molar-refractivity contribution >= 4 is 34.8 Å². The van der Waals surface area contributed by atoms with Gasteiger partial charge < -0.3 is 0 Å². The van der Waals surface area contributed by atoms with Crippen molar-refractivity contribution in [2.24, 2.45) is 0 Å². The summed E-state index contributed by atoms with van der Waals surface area (Å²) in [5.74, 6) is 0. The molecule has 0 saturated carbocycles. The van der Waals surface area contributed by atoms with Crippen LogP contribution in [0.1, 0.15) is 12.0 Å². The monoisotopic (exact) mass is 234 g/mol. The molecule has 0 aliphatic carbocycles. The molecule has 0 aliphatic heterocycles. The second kappa shape index (κ2) is 5.54. The largest absolute Gasteiger partial charge is 0.121 e. The molecule has 0 amide bonds. The first kappa shape index (κ1) is 10.9. The van der Waals surface area contributed by atoms with Crippen LogP contribution >= 0.6 is 34.8 Å². The van der Waals surface area contributed by atoms with Crippen molar-refractivity contribution in [3.05, 3.63) is 45.4 Å². The lowest BCUT2D eigenvalue weighted by Gasteiger charge is -1.99. The fourth-order valence-corrected chi connectivity index (χ4v) is 1.28. The van der Waals surface area contributed by atoms with Crippen LogP contribution < -0.4 is 0 Å². The summed E-state index contributed by atoms with van der Waals surface area (Å²) in [6.07, 6.45) is 1.55. The van der Waals surface area contributed by atoms with E-state index in [0.29, 0.717) is 11.5 Å². The molecule has 0 fully saturated rings. The number of rotatable bonds is 3. The van der Waals surface area contributed by atoms with E-state index in [1.807, 2.05) is 30.3 Å². The smallest absolute Gasteiger partial charge is 0.0865 e. The number of hydrogen-bond donors (Lipinski definition) is 0. The van der Waals surface area contributed by atoms with Gasteiger partial charge in [0.1, 0.15) is 4.49 Å². The third kappa shape index (κ3) is 4.04. The Morgan fingerprint density at radius 3 is 2.15 bits per heavy atom. The second-order valence-corrected chi connectivity index (χ2v) is 4.06. The summed E-state index contributed by atoms with van der Waals surface area (Å²) >= 11 is 16.8. The predicted octanol–water partition coefficient (Wildman–Crippen LogP) is 4.50. The molecule has 0 spiro atoms. The quantitative estimate of drug-likeness (QED) is 0.723. The second-order valence-electron chi connectivity index (χ2n) is 2.65. The summed E-state index contributed by atoms with van der Waals surface area (Å²) in [5.41, 5.74) is 1.23. The molecule has 3 heteroatoms. The number of hydrogen-bond acceptors (Lipinski definition) is 0. The van der Waals surface area contributed by atoms with Crippen LogP contribution in [0.4, 0.5) is 0 Å². The van der Waals surface area contributed by atoms with Gasteiger partial charge in [-0.3, -0.25) is 0 Å². The predicted molar refractivity (Wildman–Crippen MR) is 59.3 cm³/mol. The summed E-state index contributed by atoms with van der Waals surface area (Å²) in [6, 6.07) is 10.1. The molecule has 70 valence electrons. The average molecular weight is 236 g/mol. The highest BCUT2D eigenvalue weighted by molar-refractivity contribution is 6.59. The summed E-state index contributed by atoms with van der Waals surface area (Å²) in [4.78, 5) is 0. The zero-order chi connectivity index (χ0) is 9.68. The van der Waals surface area contributed by atoms with Crippen LogP contribution in [0.3, 0.4) is 0 Å². The minimum absolute atomic E-state index is 0.164. The lowest BCUT2D eigenvalue weighted by atomic mass is 10.1. The van der Waals surface area contributed by atoms with Gasteiger partial charge in [0.2, 0.25) is 0 Å². The highest BCUT2D eigenvalue weighted by Crippen LogP contribution is 2.22. The third-order valence-corrected chi connectivity index (χ3v) is 2.71. The zero-order valence-electron chi connectivity index (χ0n) is 6.93. The Labute approximate surface area is 93.1 Å². The molecule has 1 aromatic carbocycles. The first-order valence-corrected chi connectivity index (χ1v) is 5.07. The van der Waals surface area contributed by atoms with Gasteiger partial charge in [-0.25, -0.2) is 0 Å². The van der Waals surface area contributed by atoms with Crippen molar-refractivity contribution in [3.63, 3.8) is 0 Å². The van der Waals surface area contributed by atoms with E-state index in [-0.39, 0.29) is 4.49 Å². The van der Waals surface area contributed by atoms with Gasteiger partial charge in [0.05, 0.1) is 0 Å². The summed E-state index contributed by atoms with van der Waals surface area (Å²) in [5, 5.41) is 0.521. The molecule has 1 aromatic rings. The molecule has 0 bridgehead atoms. The highest BCUT2D eigenvalue weighted by Gasteiger charge is 1.99. The van der Waals surface area contributed by atoms with E-state index in [1.165, 1.54) is 5.56 Å². The molecule has 0 radical (unpaired) electrons. The van der Waals surface area contributed by atoms with Gasteiger partial charge in [0.15, 0.2) is 0 Å². The number of allylic oxidation sites excluding steroid dienone is 1. The van der Waals surface area contributed by atoms with Gasteiger partial charge in [-0.15, -0.1) is 0 Å². The minimum atomic E-state index is 0.164. The van der Waals surface area contributed by atoms with Crippen molar-refractivity contribution < 1.29 is 0 Å². The molecular formula is C10H9Cl3. The number of benzene rings is 1. The van der Waals surface area contributed by atoms with Crippen LogP contribution in [-0.4, -0.2) is 0 Å². The maximum atomic E-state index is 5.78. The molecule has 0 heterocycles. The topological polar surface area (TPSA) is 0 Å². The van der Waals surface area contributed by atoms with Crippen molar-refractivity contribution in [1.82, 2.24) is 0 Å². The van der Waals surface area contributed by atoms with Gasteiger partial charge in [-0.05, 0) is 18.4 Å². The lowest BCUT2D eigenvalue weighted by Crippen LogP contribution is -1.84. The van der Waals surface area contributed by atoms with Gasteiger partial charge in [-0.1, -0.05) is 65.1 Å². The minimum Gasteiger partial charge on any atom is -0.0865 e. The van der Waals surface area contributed by atoms with Crippen LogP contribution in [0, 0.1) is 0 Å². The number of halogens is 3. The Hall–Kier alpha value is -0.170. The van der Waals surface area contributed by atoms with E-state index in [4.69, 9.17) is 34.8 Å².